The Kier molecular flexibility index (Phi) is 10.6. The molecule has 0 radical (unpaired) electrons. The van der Waals surface area contributed by atoms with Gasteiger partial charge in [0.15, 0.2) is 0 Å². The summed E-state index contributed by atoms with van der Waals surface area (Å²) in [4.78, 5) is 27.5. The molecule has 0 amide bonds. The topological polar surface area (TPSA) is 77.5 Å². The van der Waals surface area contributed by atoms with Gasteiger partial charge < -0.3 is 28.7 Å². The molecule has 13 heteroatoms. The molecule has 2 saturated heterocycles. The van der Waals surface area contributed by atoms with Crippen molar-refractivity contribution in [2.75, 3.05) is 64.4 Å². The van der Waals surface area contributed by atoms with Crippen LogP contribution < -0.4 is 19.3 Å². The Labute approximate surface area is 262 Å². The zero-order valence-corrected chi connectivity index (χ0v) is 26.8. The molecular formula is C31H37BrF4N2O6. The Morgan fingerprint density at radius 2 is 1.11 bits per heavy atom. The molecule has 5 rings (SSSR count). The van der Waals surface area contributed by atoms with Crippen LogP contribution in [-0.2, 0) is 9.47 Å². The Morgan fingerprint density at radius 1 is 0.705 bits per heavy atom. The van der Waals surface area contributed by atoms with Crippen LogP contribution in [0.5, 0.6) is 11.5 Å². The minimum Gasteiger partial charge on any atom is -0.496 e. The number of nitrogens with zero attached hydrogens (tertiary/aromatic N) is 2. The van der Waals surface area contributed by atoms with Gasteiger partial charge in [-0.15, -0.1) is 0 Å². The summed E-state index contributed by atoms with van der Waals surface area (Å²) in [6.07, 6.45) is 1.48. The van der Waals surface area contributed by atoms with E-state index >= 15 is 0 Å². The number of piperidine rings is 2. The summed E-state index contributed by atoms with van der Waals surface area (Å²) in [6.45, 7) is 1.14. The Balaban J connectivity index is 0.000000202. The van der Waals surface area contributed by atoms with Crippen molar-refractivity contribution >= 4 is 39.2 Å². The number of methoxy groups -OCH3 is 4. The maximum atomic E-state index is 13.4. The smallest absolute Gasteiger partial charge is 0.341 e. The third-order valence-corrected chi connectivity index (χ3v) is 8.75. The summed E-state index contributed by atoms with van der Waals surface area (Å²) in [5, 5.41) is 0. The minimum absolute atomic E-state index is 0.141. The molecular weight excluding hydrogens is 652 g/mol. The van der Waals surface area contributed by atoms with E-state index in [1.807, 2.05) is 15.9 Å². The van der Waals surface area contributed by atoms with Gasteiger partial charge in [-0.25, -0.2) is 27.2 Å². The number of anilines is 2. The third-order valence-electron chi connectivity index (χ3n) is 8.12. The van der Waals surface area contributed by atoms with E-state index in [9.17, 15) is 27.2 Å². The number of ether oxygens (including phenoxy) is 4. The molecule has 2 heterocycles. The molecule has 0 N–H and O–H groups in total. The molecule has 0 aromatic heterocycles. The Bertz CT molecular complexity index is 1350. The van der Waals surface area contributed by atoms with Crippen LogP contribution >= 0.6 is 15.9 Å². The fraction of sp³-hybridized carbons (Fsp3) is 0.548. The maximum absolute atomic E-state index is 13.4. The summed E-state index contributed by atoms with van der Waals surface area (Å²) in [5.74, 6) is -4.96. The van der Waals surface area contributed by atoms with Crippen LogP contribution in [0.4, 0.5) is 28.9 Å². The van der Waals surface area contributed by atoms with Crippen molar-refractivity contribution in [3.63, 3.8) is 0 Å². The van der Waals surface area contributed by atoms with Gasteiger partial charge in [-0.05, 0) is 52.4 Å². The van der Waals surface area contributed by atoms with Crippen LogP contribution in [0.15, 0.2) is 28.7 Å². The van der Waals surface area contributed by atoms with Crippen LogP contribution in [0.25, 0.3) is 0 Å². The number of rotatable bonds is 7. The van der Waals surface area contributed by atoms with Gasteiger partial charge >= 0.3 is 11.9 Å². The number of hydrogen-bond donors (Lipinski definition) is 0. The normalized spacial score (nSPS) is 18.9. The highest BCUT2D eigenvalue weighted by Gasteiger charge is 2.37. The Morgan fingerprint density at radius 3 is 1.52 bits per heavy atom. The van der Waals surface area contributed by atoms with E-state index in [0.717, 1.165) is 29.8 Å². The van der Waals surface area contributed by atoms with Crippen molar-refractivity contribution in [2.24, 2.45) is 0 Å². The lowest BCUT2D eigenvalue weighted by Crippen LogP contribution is -2.39. The molecule has 0 atom stereocenters. The number of hydrogen-bond acceptors (Lipinski definition) is 8. The first-order valence-electron chi connectivity index (χ1n) is 14.3. The van der Waals surface area contributed by atoms with E-state index in [1.165, 1.54) is 28.4 Å². The Hall–Kier alpha value is -3.22. The SMILES string of the molecule is COC(=O)c1cc(Br)c(N2CCC(F)(F)CC2)cc1OC.COC(=O)c1cc(C2CC2)c(N2CCC(F)(F)CC2)cc1OC. The molecule has 0 unspecified atom stereocenters. The molecule has 3 aliphatic rings. The quantitative estimate of drug-likeness (QED) is 0.226. The van der Waals surface area contributed by atoms with E-state index in [1.54, 1.807) is 18.2 Å². The van der Waals surface area contributed by atoms with Gasteiger partial charge in [0.1, 0.15) is 22.6 Å². The van der Waals surface area contributed by atoms with Gasteiger partial charge in [-0.3, -0.25) is 0 Å². The first-order chi connectivity index (χ1) is 20.8. The number of alkyl halides is 4. The van der Waals surface area contributed by atoms with Gasteiger partial charge in [0.2, 0.25) is 0 Å². The summed E-state index contributed by atoms with van der Waals surface area (Å²) in [5.41, 5.74) is 3.36. The van der Waals surface area contributed by atoms with Gasteiger partial charge in [0.05, 0.1) is 34.1 Å². The largest absolute Gasteiger partial charge is 0.496 e. The lowest BCUT2D eigenvalue weighted by Gasteiger charge is -2.35. The predicted molar refractivity (Wildman–Crippen MR) is 161 cm³/mol. The second-order valence-electron chi connectivity index (χ2n) is 11.1. The van der Waals surface area contributed by atoms with Crippen molar-refractivity contribution in [3.8, 4) is 11.5 Å². The highest BCUT2D eigenvalue weighted by Crippen LogP contribution is 2.47. The van der Waals surface area contributed by atoms with Crippen LogP contribution in [0.3, 0.4) is 0 Å². The number of carbonyl (C=O) groups excluding carboxylic acids is 2. The number of halogens is 5. The van der Waals surface area contributed by atoms with Crippen LogP contribution in [0, 0.1) is 0 Å². The van der Waals surface area contributed by atoms with Gasteiger partial charge in [0, 0.05) is 74.2 Å². The van der Waals surface area contributed by atoms with Crippen molar-refractivity contribution in [2.45, 2.75) is 56.3 Å². The molecule has 3 fully saturated rings. The minimum atomic E-state index is -2.60. The van der Waals surface area contributed by atoms with Crippen LogP contribution in [-0.4, -0.2) is 78.4 Å². The molecule has 8 nitrogen and oxygen atoms in total. The fourth-order valence-corrected chi connectivity index (χ4v) is 5.99. The second kappa shape index (κ2) is 13.8. The van der Waals surface area contributed by atoms with Gasteiger partial charge in [0.25, 0.3) is 11.8 Å². The van der Waals surface area contributed by atoms with Crippen molar-refractivity contribution in [1.82, 2.24) is 0 Å². The summed E-state index contributed by atoms with van der Waals surface area (Å²) >= 11 is 3.38. The molecule has 2 aromatic rings. The van der Waals surface area contributed by atoms with E-state index in [0.29, 0.717) is 40.5 Å². The zero-order valence-electron chi connectivity index (χ0n) is 25.2. The molecule has 44 heavy (non-hydrogen) atoms. The van der Waals surface area contributed by atoms with Crippen molar-refractivity contribution in [3.05, 3.63) is 45.4 Å². The lowest BCUT2D eigenvalue weighted by molar-refractivity contribution is -0.0227. The first-order valence-corrected chi connectivity index (χ1v) is 15.1. The standard InChI is InChI=1S/C17H21F2NO3.C14H16BrF2NO3/c1-22-15-10-14(20-7-5-17(18,19)6-8-20)12(11-3-4-11)9-13(15)16(21)23-2;1-20-12-8-11(10(15)7-9(12)13(19)21-2)18-5-3-14(16,17)4-6-18/h9-11H,3-8H2,1-2H3;7-8H,3-6H2,1-2H3. The van der Waals surface area contributed by atoms with E-state index < -0.39 is 23.8 Å². The third kappa shape index (κ3) is 7.89. The highest BCUT2D eigenvalue weighted by atomic mass is 79.9. The highest BCUT2D eigenvalue weighted by molar-refractivity contribution is 9.10. The first kappa shape index (κ1) is 33.7. The average molecular weight is 690 g/mol. The molecule has 2 aliphatic heterocycles. The van der Waals surface area contributed by atoms with E-state index in [4.69, 9.17) is 18.9 Å². The number of carbonyl (C=O) groups is 2. The van der Waals surface area contributed by atoms with Gasteiger partial charge in [-0.1, -0.05) is 0 Å². The molecule has 2 aromatic carbocycles. The van der Waals surface area contributed by atoms with Crippen molar-refractivity contribution in [1.29, 1.82) is 0 Å². The molecule has 1 saturated carbocycles. The fourth-order valence-electron chi connectivity index (χ4n) is 5.39. The van der Waals surface area contributed by atoms with Crippen LogP contribution in [0.1, 0.15) is 70.7 Å². The van der Waals surface area contributed by atoms with E-state index in [-0.39, 0.29) is 44.3 Å². The second-order valence-corrected chi connectivity index (χ2v) is 11.9. The number of esters is 2. The zero-order chi connectivity index (χ0) is 32.2. The summed E-state index contributed by atoms with van der Waals surface area (Å²) in [7, 11) is 5.56. The maximum Gasteiger partial charge on any atom is 0.341 e. The number of benzene rings is 2. The molecule has 242 valence electrons. The molecule has 0 bridgehead atoms. The molecule has 0 spiro atoms. The molecule has 1 aliphatic carbocycles. The van der Waals surface area contributed by atoms with E-state index in [2.05, 4.69) is 15.9 Å². The van der Waals surface area contributed by atoms with Crippen LogP contribution in [0.2, 0.25) is 0 Å². The summed E-state index contributed by atoms with van der Waals surface area (Å²) < 4.78 is 74.0. The van der Waals surface area contributed by atoms with Gasteiger partial charge in [-0.2, -0.15) is 0 Å². The monoisotopic (exact) mass is 688 g/mol. The summed E-state index contributed by atoms with van der Waals surface area (Å²) in [6, 6.07) is 6.86. The average Bonchev–Trinajstić information content (AvgIpc) is 3.86. The lowest BCUT2D eigenvalue weighted by atomic mass is 9.99. The predicted octanol–water partition coefficient (Wildman–Crippen LogP) is 7.07. The van der Waals surface area contributed by atoms with Crippen molar-refractivity contribution < 1.29 is 46.1 Å².